The number of nitrogens with zero attached hydrogens (tertiary/aromatic N) is 1. The van der Waals surface area contributed by atoms with Gasteiger partial charge in [-0.1, -0.05) is 6.07 Å². The summed E-state index contributed by atoms with van der Waals surface area (Å²) in [5.74, 6) is -0.306. The van der Waals surface area contributed by atoms with Crippen LogP contribution in [-0.2, 0) is 13.5 Å². The van der Waals surface area contributed by atoms with Crippen molar-refractivity contribution in [2.45, 2.75) is 12.5 Å². The third-order valence-electron chi connectivity index (χ3n) is 3.46. The first-order chi connectivity index (χ1) is 8.74. The predicted molar refractivity (Wildman–Crippen MR) is 69.8 cm³/mol. The molecule has 0 bridgehead atoms. The molecule has 0 amide bonds. The molecule has 1 aromatic heterocycles. The normalized spacial score (nSPS) is 20.4. The van der Waals surface area contributed by atoms with Gasteiger partial charge >= 0.3 is 5.76 Å². The van der Waals surface area contributed by atoms with Crippen molar-refractivity contribution in [2.24, 2.45) is 7.05 Å². The molecule has 96 valence electrons. The zero-order valence-electron chi connectivity index (χ0n) is 10.4. The van der Waals surface area contributed by atoms with Gasteiger partial charge in [0.15, 0.2) is 5.58 Å². The fourth-order valence-electron chi connectivity index (χ4n) is 2.44. The molecule has 2 N–H and O–H groups in total. The maximum Gasteiger partial charge on any atom is 0.419 e. The Morgan fingerprint density at radius 2 is 2.33 bits per heavy atom. The Kier molecular flexibility index (Phi) is 2.93. The third kappa shape index (κ3) is 2.07. The van der Waals surface area contributed by atoms with E-state index in [2.05, 4.69) is 10.6 Å². The summed E-state index contributed by atoms with van der Waals surface area (Å²) < 4.78 is 6.67. The van der Waals surface area contributed by atoms with E-state index in [1.54, 1.807) is 11.6 Å². The van der Waals surface area contributed by atoms with Gasteiger partial charge in [-0.2, -0.15) is 0 Å². The minimum absolute atomic E-state index is 0.306. The van der Waals surface area contributed by atoms with Crippen LogP contribution in [0.4, 0.5) is 0 Å². The van der Waals surface area contributed by atoms with E-state index in [0.717, 1.165) is 31.6 Å². The van der Waals surface area contributed by atoms with Gasteiger partial charge in [0.1, 0.15) is 0 Å². The third-order valence-corrected chi connectivity index (χ3v) is 3.46. The van der Waals surface area contributed by atoms with E-state index in [1.165, 1.54) is 5.56 Å². The first kappa shape index (κ1) is 11.5. The summed E-state index contributed by atoms with van der Waals surface area (Å²) in [6.45, 7) is 3.03. The Hall–Kier alpha value is -1.59. The summed E-state index contributed by atoms with van der Waals surface area (Å²) in [5.41, 5.74) is 2.74. The van der Waals surface area contributed by atoms with E-state index >= 15 is 0 Å². The highest BCUT2D eigenvalue weighted by Gasteiger charge is 2.13. The van der Waals surface area contributed by atoms with Gasteiger partial charge in [0.25, 0.3) is 0 Å². The van der Waals surface area contributed by atoms with E-state index < -0.39 is 0 Å². The number of nitrogens with one attached hydrogen (secondary N) is 2. The average Bonchev–Trinajstić information content (AvgIpc) is 2.67. The Labute approximate surface area is 105 Å². The van der Waals surface area contributed by atoms with Gasteiger partial charge in [0.05, 0.1) is 5.52 Å². The Morgan fingerprint density at radius 3 is 3.11 bits per heavy atom. The minimum Gasteiger partial charge on any atom is -0.408 e. The van der Waals surface area contributed by atoms with E-state index in [1.807, 2.05) is 18.2 Å². The second-order valence-corrected chi connectivity index (χ2v) is 4.79. The fourth-order valence-corrected chi connectivity index (χ4v) is 2.44. The lowest BCUT2D eigenvalue weighted by Gasteiger charge is -2.24. The van der Waals surface area contributed by atoms with Gasteiger partial charge < -0.3 is 15.1 Å². The summed E-state index contributed by atoms with van der Waals surface area (Å²) in [4.78, 5) is 11.4. The zero-order chi connectivity index (χ0) is 12.5. The van der Waals surface area contributed by atoms with Crippen LogP contribution in [0, 0.1) is 0 Å². The van der Waals surface area contributed by atoms with Crippen LogP contribution in [0.25, 0.3) is 11.1 Å². The molecule has 0 radical (unpaired) electrons. The second kappa shape index (κ2) is 4.59. The van der Waals surface area contributed by atoms with Crippen molar-refractivity contribution in [3.05, 3.63) is 34.3 Å². The van der Waals surface area contributed by atoms with Crippen LogP contribution in [0.1, 0.15) is 5.56 Å². The van der Waals surface area contributed by atoms with Crippen LogP contribution in [-0.4, -0.2) is 30.2 Å². The molecule has 18 heavy (non-hydrogen) atoms. The number of hydrogen-bond donors (Lipinski definition) is 2. The standard InChI is InChI=1S/C13H17N3O2/c1-16-11-7-9(2-3-12(11)18-13(16)17)6-10-8-14-4-5-15-10/h2-3,7,10,14-15H,4-6,8H2,1H3. The molecular formula is C13H17N3O2. The van der Waals surface area contributed by atoms with Gasteiger partial charge in [-0.25, -0.2) is 4.79 Å². The molecule has 5 heteroatoms. The highest BCUT2D eigenvalue weighted by molar-refractivity contribution is 5.73. The topological polar surface area (TPSA) is 59.2 Å². The number of aryl methyl sites for hydroxylation is 1. The lowest BCUT2D eigenvalue weighted by molar-refractivity contribution is 0.417. The molecule has 1 saturated heterocycles. The first-order valence-corrected chi connectivity index (χ1v) is 6.26. The summed E-state index contributed by atoms with van der Waals surface area (Å²) in [6, 6.07) is 6.40. The maximum atomic E-state index is 11.4. The fraction of sp³-hybridized carbons (Fsp3) is 0.462. The monoisotopic (exact) mass is 247 g/mol. The number of fused-ring (bicyclic) bond motifs is 1. The van der Waals surface area contributed by atoms with Crippen LogP contribution in [0.3, 0.4) is 0 Å². The average molecular weight is 247 g/mol. The van der Waals surface area contributed by atoms with Crippen molar-refractivity contribution in [3.63, 3.8) is 0 Å². The first-order valence-electron chi connectivity index (χ1n) is 6.26. The number of rotatable bonds is 2. The smallest absolute Gasteiger partial charge is 0.408 e. The van der Waals surface area contributed by atoms with Gasteiger partial charge in [-0.3, -0.25) is 4.57 Å². The van der Waals surface area contributed by atoms with E-state index in [4.69, 9.17) is 4.42 Å². The molecule has 0 aliphatic carbocycles. The summed E-state index contributed by atoms with van der Waals surface area (Å²) >= 11 is 0. The van der Waals surface area contributed by atoms with Gasteiger partial charge in [-0.15, -0.1) is 0 Å². The van der Waals surface area contributed by atoms with E-state index in [0.29, 0.717) is 11.6 Å². The van der Waals surface area contributed by atoms with Crippen molar-refractivity contribution < 1.29 is 4.42 Å². The number of aromatic nitrogens is 1. The highest BCUT2D eigenvalue weighted by atomic mass is 16.4. The van der Waals surface area contributed by atoms with Crippen LogP contribution in [0.2, 0.25) is 0 Å². The van der Waals surface area contributed by atoms with Gasteiger partial charge in [-0.05, 0) is 24.1 Å². The van der Waals surface area contributed by atoms with Crippen LogP contribution in [0.5, 0.6) is 0 Å². The van der Waals surface area contributed by atoms with Crippen LogP contribution >= 0.6 is 0 Å². The molecule has 1 aliphatic heterocycles. The molecule has 1 fully saturated rings. The number of piperazine rings is 1. The number of oxazole rings is 1. The largest absolute Gasteiger partial charge is 0.419 e. The predicted octanol–water partition coefficient (Wildman–Crippen LogP) is 0.235. The molecule has 1 atom stereocenters. The second-order valence-electron chi connectivity index (χ2n) is 4.79. The molecular weight excluding hydrogens is 230 g/mol. The van der Waals surface area contributed by atoms with Crippen molar-refractivity contribution in [2.75, 3.05) is 19.6 Å². The van der Waals surface area contributed by atoms with Crippen LogP contribution < -0.4 is 16.4 Å². The molecule has 0 spiro atoms. The molecule has 3 rings (SSSR count). The van der Waals surface area contributed by atoms with E-state index in [9.17, 15) is 4.79 Å². The van der Waals surface area contributed by atoms with Crippen molar-refractivity contribution >= 4 is 11.1 Å². The summed E-state index contributed by atoms with van der Waals surface area (Å²) in [6.07, 6.45) is 0.961. The van der Waals surface area contributed by atoms with Crippen molar-refractivity contribution in [1.29, 1.82) is 0 Å². The number of hydrogen-bond acceptors (Lipinski definition) is 4. The van der Waals surface area contributed by atoms with Crippen LogP contribution in [0.15, 0.2) is 27.4 Å². The summed E-state index contributed by atoms with van der Waals surface area (Å²) in [5, 5.41) is 6.85. The SMILES string of the molecule is Cn1c(=O)oc2ccc(CC3CNCCN3)cc21. The quantitative estimate of drug-likeness (QED) is 0.798. The Morgan fingerprint density at radius 1 is 1.44 bits per heavy atom. The van der Waals surface area contributed by atoms with Crippen molar-refractivity contribution in [1.82, 2.24) is 15.2 Å². The molecule has 1 aromatic carbocycles. The lowest BCUT2D eigenvalue weighted by atomic mass is 10.0. The summed E-state index contributed by atoms with van der Waals surface area (Å²) in [7, 11) is 1.73. The van der Waals surface area contributed by atoms with E-state index in [-0.39, 0.29) is 5.76 Å². The molecule has 5 nitrogen and oxygen atoms in total. The molecule has 2 aromatic rings. The van der Waals surface area contributed by atoms with Gasteiger partial charge in [0, 0.05) is 32.7 Å². The molecule has 1 unspecified atom stereocenters. The Bertz CT molecular complexity index is 608. The van der Waals surface area contributed by atoms with Gasteiger partial charge in [0.2, 0.25) is 0 Å². The lowest BCUT2D eigenvalue weighted by Crippen LogP contribution is -2.49. The Balaban J connectivity index is 1.88. The number of benzene rings is 1. The molecule has 1 aliphatic rings. The molecule has 0 saturated carbocycles. The van der Waals surface area contributed by atoms with Crippen molar-refractivity contribution in [3.8, 4) is 0 Å². The highest BCUT2D eigenvalue weighted by Crippen LogP contribution is 2.15. The molecule has 2 heterocycles. The zero-order valence-corrected chi connectivity index (χ0v) is 10.4. The maximum absolute atomic E-state index is 11.4. The minimum atomic E-state index is -0.306.